The first-order valence-corrected chi connectivity index (χ1v) is 8.13. The van der Waals surface area contributed by atoms with Gasteiger partial charge in [0.15, 0.2) is 0 Å². The van der Waals surface area contributed by atoms with E-state index in [1.807, 2.05) is 18.3 Å². The smallest absolute Gasteiger partial charge is 0.0834 e. The molecule has 2 N–H and O–H groups in total. The third-order valence-electron chi connectivity index (χ3n) is 4.77. The van der Waals surface area contributed by atoms with Crippen LogP contribution in [0.15, 0.2) is 42.7 Å². The van der Waals surface area contributed by atoms with Crippen molar-refractivity contribution in [2.45, 2.75) is 25.9 Å². The van der Waals surface area contributed by atoms with E-state index in [1.54, 1.807) is 6.20 Å². The Balaban J connectivity index is 1.98. The van der Waals surface area contributed by atoms with E-state index in [0.29, 0.717) is 0 Å². The van der Waals surface area contributed by atoms with Gasteiger partial charge in [0.2, 0.25) is 0 Å². The van der Waals surface area contributed by atoms with Crippen LogP contribution in [-0.4, -0.2) is 27.8 Å². The lowest BCUT2D eigenvalue weighted by Crippen LogP contribution is -2.26. The number of aliphatic hydroxyl groups excluding tert-OH is 1. The van der Waals surface area contributed by atoms with Crippen molar-refractivity contribution in [1.29, 1.82) is 0 Å². The van der Waals surface area contributed by atoms with Gasteiger partial charge in [0.1, 0.15) is 0 Å². The zero-order valence-corrected chi connectivity index (χ0v) is 13.3. The molecule has 1 unspecified atom stereocenters. The summed E-state index contributed by atoms with van der Waals surface area (Å²) in [5.41, 5.74) is 6.23. The molecular weight excluding hydrogens is 286 g/mol. The summed E-state index contributed by atoms with van der Waals surface area (Å²) < 4.78 is 2.32. The number of aliphatic hydroxyl groups is 1. The molecule has 1 aromatic carbocycles. The van der Waals surface area contributed by atoms with Crippen molar-refractivity contribution in [2.75, 3.05) is 13.2 Å². The number of hydrogen-bond donors (Lipinski definition) is 2. The third kappa shape index (κ3) is 2.35. The van der Waals surface area contributed by atoms with Gasteiger partial charge in [-0.1, -0.05) is 17.7 Å². The van der Waals surface area contributed by atoms with Gasteiger partial charge in [-0.2, -0.15) is 0 Å². The van der Waals surface area contributed by atoms with Crippen LogP contribution in [0, 0.1) is 6.92 Å². The Morgan fingerprint density at radius 3 is 3.04 bits per heavy atom. The first-order chi connectivity index (χ1) is 11.3. The molecule has 0 aliphatic carbocycles. The van der Waals surface area contributed by atoms with E-state index in [0.717, 1.165) is 25.1 Å². The number of nitrogens with one attached hydrogen (secondary N) is 1. The molecule has 118 valence electrons. The molecule has 0 radical (unpaired) electrons. The monoisotopic (exact) mass is 307 g/mol. The Morgan fingerprint density at radius 2 is 2.26 bits per heavy atom. The van der Waals surface area contributed by atoms with Gasteiger partial charge in [-0.25, -0.2) is 0 Å². The van der Waals surface area contributed by atoms with Gasteiger partial charge >= 0.3 is 0 Å². The van der Waals surface area contributed by atoms with Crippen LogP contribution >= 0.6 is 0 Å². The van der Waals surface area contributed by atoms with Crippen LogP contribution in [0.4, 0.5) is 0 Å². The number of fused-ring (bicyclic) bond motifs is 3. The van der Waals surface area contributed by atoms with Gasteiger partial charge in [-0.15, -0.1) is 0 Å². The number of rotatable bonds is 3. The van der Waals surface area contributed by atoms with Gasteiger partial charge in [-0.05, 0) is 36.2 Å². The van der Waals surface area contributed by atoms with Crippen molar-refractivity contribution in [3.05, 3.63) is 65.1 Å². The lowest BCUT2D eigenvalue weighted by atomic mass is 10.0. The van der Waals surface area contributed by atoms with Crippen LogP contribution in [0.25, 0.3) is 10.9 Å². The van der Waals surface area contributed by atoms with Crippen LogP contribution < -0.4 is 5.32 Å². The van der Waals surface area contributed by atoms with Gasteiger partial charge in [0.05, 0.1) is 12.6 Å². The standard InChI is InChI=1S/C19H21N3O/c1-13-4-5-17-15(9-13)16-11-21-8-6-18(16)22(17)19(12-23)14-3-2-7-20-10-14/h2-5,7,9-10,19,21,23H,6,8,11-12H2,1H3. The van der Waals surface area contributed by atoms with Gasteiger partial charge in [0, 0.05) is 48.5 Å². The average Bonchev–Trinajstić information content (AvgIpc) is 2.91. The van der Waals surface area contributed by atoms with E-state index in [9.17, 15) is 5.11 Å². The van der Waals surface area contributed by atoms with Crippen molar-refractivity contribution in [3.8, 4) is 0 Å². The molecular formula is C19H21N3O. The molecule has 1 aliphatic rings. The maximum absolute atomic E-state index is 10.1. The van der Waals surface area contributed by atoms with E-state index < -0.39 is 0 Å². The highest BCUT2D eigenvalue weighted by atomic mass is 16.3. The average molecular weight is 307 g/mol. The Hall–Kier alpha value is -2.17. The quantitative estimate of drug-likeness (QED) is 0.782. The molecule has 4 nitrogen and oxygen atoms in total. The fourth-order valence-corrected chi connectivity index (χ4v) is 3.70. The molecule has 0 spiro atoms. The molecule has 0 saturated heterocycles. The van der Waals surface area contributed by atoms with Crippen LogP contribution in [0.5, 0.6) is 0 Å². The molecule has 1 aliphatic heterocycles. The minimum absolute atomic E-state index is 0.0726. The largest absolute Gasteiger partial charge is 0.394 e. The molecule has 1 atom stereocenters. The topological polar surface area (TPSA) is 50.1 Å². The highest BCUT2D eigenvalue weighted by Crippen LogP contribution is 2.34. The molecule has 23 heavy (non-hydrogen) atoms. The van der Waals surface area contributed by atoms with Gasteiger partial charge in [0.25, 0.3) is 0 Å². The molecule has 4 heteroatoms. The Labute approximate surface area is 135 Å². The molecule has 3 aromatic rings. The second kappa shape index (κ2) is 5.80. The SMILES string of the molecule is Cc1ccc2c(c1)c1c(n2C(CO)c2cccnc2)CCNC1. The number of aryl methyl sites for hydroxylation is 1. The number of benzene rings is 1. The first kappa shape index (κ1) is 14.4. The van der Waals surface area contributed by atoms with Crippen molar-refractivity contribution < 1.29 is 5.11 Å². The van der Waals surface area contributed by atoms with E-state index in [2.05, 4.69) is 40.0 Å². The third-order valence-corrected chi connectivity index (χ3v) is 4.77. The predicted octanol–water partition coefficient (Wildman–Crippen LogP) is 2.57. The number of pyridine rings is 1. The summed E-state index contributed by atoms with van der Waals surface area (Å²) >= 11 is 0. The summed E-state index contributed by atoms with van der Waals surface area (Å²) in [5, 5.41) is 14.9. The van der Waals surface area contributed by atoms with Gasteiger partial charge in [-0.3, -0.25) is 4.98 Å². The Kier molecular flexibility index (Phi) is 3.63. The summed E-state index contributed by atoms with van der Waals surface area (Å²) in [6.45, 7) is 4.08. The highest BCUT2D eigenvalue weighted by Gasteiger charge is 2.25. The first-order valence-electron chi connectivity index (χ1n) is 8.13. The van der Waals surface area contributed by atoms with E-state index >= 15 is 0 Å². The van der Waals surface area contributed by atoms with Crippen LogP contribution in [0.3, 0.4) is 0 Å². The fraction of sp³-hybridized carbons (Fsp3) is 0.316. The lowest BCUT2D eigenvalue weighted by Gasteiger charge is -2.23. The zero-order chi connectivity index (χ0) is 15.8. The highest BCUT2D eigenvalue weighted by molar-refractivity contribution is 5.87. The van der Waals surface area contributed by atoms with Crippen molar-refractivity contribution >= 4 is 10.9 Å². The van der Waals surface area contributed by atoms with E-state index in [1.165, 1.54) is 27.7 Å². The van der Waals surface area contributed by atoms with Crippen LogP contribution in [-0.2, 0) is 13.0 Å². The van der Waals surface area contributed by atoms with Crippen molar-refractivity contribution in [3.63, 3.8) is 0 Å². The predicted molar refractivity (Wildman–Crippen MR) is 91.5 cm³/mol. The van der Waals surface area contributed by atoms with Crippen molar-refractivity contribution in [1.82, 2.24) is 14.9 Å². The van der Waals surface area contributed by atoms with E-state index in [4.69, 9.17) is 0 Å². The minimum atomic E-state index is -0.0873. The maximum atomic E-state index is 10.1. The lowest BCUT2D eigenvalue weighted by molar-refractivity contribution is 0.249. The molecule has 3 heterocycles. The minimum Gasteiger partial charge on any atom is -0.394 e. The number of aromatic nitrogens is 2. The molecule has 0 bridgehead atoms. The molecule has 0 amide bonds. The normalized spacial score (nSPS) is 15.6. The molecule has 0 saturated carbocycles. The maximum Gasteiger partial charge on any atom is 0.0834 e. The van der Waals surface area contributed by atoms with Crippen molar-refractivity contribution in [2.24, 2.45) is 0 Å². The Bertz CT molecular complexity index is 839. The second-order valence-electron chi connectivity index (χ2n) is 6.23. The summed E-state index contributed by atoms with van der Waals surface area (Å²) in [6.07, 6.45) is 4.61. The van der Waals surface area contributed by atoms with E-state index in [-0.39, 0.29) is 12.6 Å². The second-order valence-corrected chi connectivity index (χ2v) is 6.23. The molecule has 2 aromatic heterocycles. The summed E-state index contributed by atoms with van der Waals surface area (Å²) in [5.74, 6) is 0. The summed E-state index contributed by atoms with van der Waals surface area (Å²) in [6, 6.07) is 10.5. The number of hydrogen-bond acceptors (Lipinski definition) is 3. The molecule has 0 fully saturated rings. The zero-order valence-electron chi connectivity index (χ0n) is 13.3. The van der Waals surface area contributed by atoms with Gasteiger partial charge < -0.3 is 15.0 Å². The number of nitrogens with zero attached hydrogens (tertiary/aromatic N) is 2. The molecule has 4 rings (SSSR count). The summed E-state index contributed by atoms with van der Waals surface area (Å²) in [4.78, 5) is 4.23. The van der Waals surface area contributed by atoms with Crippen LogP contribution in [0.1, 0.15) is 28.4 Å². The summed E-state index contributed by atoms with van der Waals surface area (Å²) in [7, 11) is 0. The Morgan fingerprint density at radius 1 is 1.35 bits per heavy atom. The van der Waals surface area contributed by atoms with Crippen LogP contribution in [0.2, 0.25) is 0 Å². The fourth-order valence-electron chi connectivity index (χ4n) is 3.70.